The van der Waals surface area contributed by atoms with Gasteiger partial charge in [-0.2, -0.15) is 0 Å². The van der Waals surface area contributed by atoms with Gasteiger partial charge < -0.3 is 4.57 Å². The zero-order valence-corrected chi connectivity index (χ0v) is 13.0. The molecule has 0 bridgehead atoms. The minimum atomic E-state index is -0.0307. The lowest BCUT2D eigenvalue weighted by atomic mass is 10.0. The molecule has 1 heterocycles. The van der Waals surface area contributed by atoms with E-state index in [1.807, 2.05) is 6.92 Å². The van der Waals surface area contributed by atoms with Crippen LogP contribution in [0.4, 0.5) is 0 Å². The summed E-state index contributed by atoms with van der Waals surface area (Å²) in [5.74, 6) is 2.01. The Morgan fingerprint density at radius 2 is 2.15 bits per heavy atom. The smallest absolute Gasteiger partial charge is 0.127 e. The summed E-state index contributed by atoms with van der Waals surface area (Å²) in [7, 11) is 0. The van der Waals surface area contributed by atoms with Gasteiger partial charge >= 0.3 is 0 Å². The SMILES string of the molecule is Cc1cccc2c1nc(C(C)Cl)n2CC1(C2CC2)CC1. The lowest BCUT2D eigenvalue weighted by molar-refractivity contribution is 0.369. The predicted octanol–water partition coefficient (Wildman–Crippen LogP) is 4.83. The first-order valence-corrected chi connectivity index (χ1v) is 8.14. The molecule has 2 saturated carbocycles. The van der Waals surface area contributed by atoms with Gasteiger partial charge in [0.25, 0.3) is 0 Å². The standard InChI is InChI=1S/C17H21ClN2/c1-11-4-3-5-14-15(11)19-16(12(2)18)20(14)10-17(8-9-17)13-6-7-13/h3-5,12-13H,6-10H2,1-2H3. The number of halogens is 1. The molecule has 1 unspecified atom stereocenters. The summed E-state index contributed by atoms with van der Waals surface area (Å²) in [6.07, 6.45) is 5.63. The second-order valence-electron chi connectivity index (χ2n) is 6.75. The summed E-state index contributed by atoms with van der Waals surface area (Å²) < 4.78 is 2.41. The van der Waals surface area contributed by atoms with Gasteiger partial charge in [-0.25, -0.2) is 4.98 Å². The maximum absolute atomic E-state index is 6.39. The van der Waals surface area contributed by atoms with Crippen LogP contribution in [0.25, 0.3) is 11.0 Å². The number of alkyl halides is 1. The zero-order valence-electron chi connectivity index (χ0n) is 12.2. The van der Waals surface area contributed by atoms with Crippen molar-refractivity contribution in [3.63, 3.8) is 0 Å². The van der Waals surface area contributed by atoms with Crippen LogP contribution in [0, 0.1) is 18.3 Å². The molecular weight excluding hydrogens is 268 g/mol. The Labute approximate surface area is 125 Å². The van der Waals surface area contributed by atoms with E-state index in [0.29, 0.717) is 5.41 Å². The first-order valence-electron chi connectivity index (χ1n) is 7.70. The third-order valence-electron chi connectivity index (χ3n) is 5.17. The molecule has 0 aliphatic heterocycles. The molecule has 1 aromatic carbocycles. The van der Waals surface area contributed by atoms with Crippen molar-refractivity contribution in [2.45, 2.75) is 51.5 Å². The van der Waals surface area contributed by atoms with Crippen LogP contribution in [-0.2, 0) is 6.54 Å². The number of nitrogens with zero attached hydrogens (tertiary/aromatic N) is 2. The van der Waals surface area contributed by atoms with Crippen molar-refractivity contribution in [2.24, 2.45) is 11.3 Å². The molecule has 2 aliphatic rings. The minimum Gasteiger partial charge on any atom is -0.326 e. The highest BCUT2D eigenvalue weighted by atomic mass is 35.5. The molecule has 2 fully saturated rings. The number of rotatable bonds is 4. The van der Waals surface area contributed by atoms with E-state index in [2.05, 4.69) is 29.7 Å². The van der Waals surface area contributed by atoms with Crippen LogP contribution in [0.2, 0.25) is 0 Å². The van der Waals surface area contributed by atoms with Crippen molar-refractivity contribution in [3.8, 4) is 0 Å². The van der Waals surface area contributed by atoms with Crippen molar-refractivity contribution in [1.29, 1.82) is 0 Å². The maximum atomic E-state index is 6.39. The average molecular weight is 289 g/mol. The molecule has 3 heteroatoms. The zero-order chi connectivity index (χ0) is 13.9. The van der Waals surface area contributed by atoms with Gasteiger partial charge in [0, 0.05) is 6.54 Å². The number of benzene rings is 1. The first kappa shape index (κ1) is 12.7. The summed E-state index contributed by atoms with van der Waals surface area (Å²) in [6.45, 7) is 5.28. The van der Waals surface area contributed by atoms with Crippen LogP contribution in [0.1, 0.15) is 49.4 Å². The quantitative estimate of drug-likeness (QED) is 0.737. The number of aryl methyl sites for hydroxylation is 1. The molecule has 2 aromatic rings. The minimum absolute atomic E-state index is 0.0307. The summed E-state index contributed by atoms with van der Waals surface area (Å²) in [5, 5.41) is -0.0307. The molecule has 1 aromatic heterocycles. The lowest BCUT2D eigenvalue weighted by Gasteiger charge is -2.18. The van der Waals surface area contributed by atoms with E-state index in [4.69, 9.17) is 16.6 Å². The third kappa shape index (κ3) is 1.88. The fourth-order valence-electron chi connectivity index (χ4n) is 3.64. The summed E-state index contributed by atoms with van der Waals surface area (Å²) >= 11 is 6.39. The summed E-state index contributed by atoms with van der Waals surface area (Å²) in [4.78, 5) is 4.83. The molecule has 0 saturated heterocycles. The monoisotopic (exact) mass is 288 g/mol. The van der Waals surface area contributed by atoms with Crippen molar-refractivity contribution >= 4 is 22.6 Å². The highest BCUT2D eigenvalue weighted by Crippen LogP contribution is 2.62. The molecule has 0 N–H and O–H groups in total. The Kier molecular flexibility index (Phi) is 2.69. The largest absolute Gasteiger partial charge is 0.326 e. The van der Waals surface area contributed by atoms with Gasteiger partial charge in [-0.3, -0.25) is 0 Å². The Morgan fingerprint density at radius 3 is 2.75 bits per heavy atom. The van der Waals surface area contributed by atoms with Gasteiger partial charge in [0.1, 0.15) is 5.82 Å². The van der Waals surface area contributed by atoms with Crippen molar-refractivity contribution < 1.29 is 0 Å². The van der Waals surface area contributed by atoms with Crippen LogP contribution in [0.3, 0.4) is 0 Å². The Bertz CT molecular complexity index is 663. The van der Waals surface area contributed by atoms with Crippen molar-refractivity contribution in [3.05, 3.63) is 29.6 Å². The molecule has 20 heavy (non-hydrogen) atoms. The molecule has 2 nitrogen and oxygen atoms in total. The highest BCUT2D eigenvalue weighted by Gasteiger charge is 2.54. The molecule has 0 spiro atoms. The predicted molar refractivity (Wildman–Crippen MR) is 83.1 cm³/mol. The van der Waals surface area contributed by atoms with E-state index in [-0.39, 0.29) is 5.38 Å². The number of hydrogen-bond donors (Lipinski definition) is 0. The van der Waals surface area contributed by atoms with Gasteiger partial charge in [-0.15, -0.1) is 11.6 Å². The molecule has 4 rings (SSSR count). The van der Waals surface area contributed by atoms with Crippen LogP contribution in [0.15, 0.2) is 18.2 Å². The van der Waals surface area contributed by atoms with Crippen LogP contribution in [-0.4, -0.2) is 9.55 Å². The van der Waals surface area contributed by atoms with E-state index < -0.39 is 0 Å². The van der Waals surface area contributed by atoms with E-state index in [0.717, 1.165) is 23.8 Å². The fraction of sp³-hybridized carbons (Fsp3) is 0.588. The molecular formula is C17H21ClN2. The summed E-state index contributed by atoms with van der Waals surface area (Å²) in [5.41, 5.74) is 4.20. The van der Waals surface area contributed by atoms with E-state index in [1.54, 1.807) is 0 Å². The van der Waals surface area contributed by atoms with Gasteiger partial charge in [-0.05, 0) is 62.5 Å². The number of aromatic nitrogens is 2. The average Bonchev–Trinajstić information content (AvgIpc) is 3.28. The van der Waals surface area contributed by atoms with Crippen LogP contribution < -0.4 is 0 Å². The van der Waals surface area contributed by atoms with E-state index >= 15 is 0 Å². The van der Waals surface area contributed by atoms with Crippen molar-refractivity contribution in [1.82, 2.24) is 9.55 Å². The number of imidazole rings is 1. The van der Waals surface area contributed by atoms with Crippen LogP contribution >= 0.6 is 11.6 Å². The number of hydrogen-bond acceptors (Lipinski definition) is 1. The van der Waals surface area contributed by atoms with E-state index in [9.17, 15) is 0 Å². The topological polar surface area (TPSA) is 17.8 Å². The number of fused-ring (bicyclic) bond motifs is 1. The van der Waals surface area contributed by atoms with Crippen LogP contribution in [0.5, 0.6) is 0 Å². The number of para-hydroxylation sites is 1. The second kappa shape index (κ2) is 4.24. The van der Waals surface area contributed by atoms with Gasteiger partial charge in [0.05, 0.1) is 16.4 Å². The lowest BCUT2D eigenvalue weighted by Crippen LogP contribution is -2.16. The third-order valence-corrected chi connectivity index (χ3v) is 5.37. The first-order chi connectivity index (χ1) is 9.61. The Hall–Kier alpha value is -1.02. The Balaban J connectivity index is 1.83. The molecule has 106 valence electrons. The molecule has 0 radical (unpaired) electrons. The molecule has 2 aliphatic carbocycles. The highest BCUT2D eigenvalue weighted by molar-refractivity contribution is 6.20. The Morgan fingerprint density at radius 1 is 1.40 bits per heavy atom. The van der Waals surface area contributed by atoms with Gasteiger partial charge in [0.15, 0.2) is 0 Å². The molecule has 1 atom stereocenters. The molecule has 0 amide bonds. The maximum Gasteiger partial charge on any atom is 0.127 e. The summed E-state index contributed by atoms with van der Waals surface area (Å²) in [6, 6.07) is 6.46. The fourth-order valence-corrected chi connectivity index (χ4v) is 3.81. The van der Waals surface area contributed by atoms with Gasteiger partial charge in [-0.1, -0.05) is 12.1 Å². The second-order valence-corrected chi connectivity index (χ2v) is 7.41. The van der Waals surface area contributed by atoms with Gasteiger partial charge in [0.2, 0.25) is 0 Å². The van der Waals surface area contributed by atoms with E-state index in [1.165, 1.54) is 36.8 Å². The normalized spacial score (nSPS) is 22.1. The van der Waals surface area contributed by atoms with Crippen molar-refractivity contribution in [2.75, 3.05) is 0 Å².